The van der Waals surface area contributed by atoms with E-state index in [2.05, 4.69) is 0 Å². The summed E-state index contributed by atoms with van der Waals surface area (Å²) in [5, 5.41) is 0. The van der Waals surface area contributed by atoms with Crippen molar-refractivity contribution < 1.29 is 37.5 Å². The minimum absolute atomic E-state index is 0.0525. The van der Waals surface area contributed by atoms with Crippen LogP contribution in [0.2, 0.25) is 0 Å². The number of hydrogen-bond donors (Lipinski definition) is 1. The first kappa shape index (κ1) is 24.7. The largest absolute Gasteiger partial charge is 0.746 e. The molecule has 1 aliphatic heterocycles. The molecule has 2 aliphatic rings. The molecule has 1 saturated heterocycles. The lowest BCUT2D eigenvalue weighted by molar-refractivity contribution is -0.233. The third kappa shape index (κ3) is 6.99. The number of carbonyl (C=O) groups is 1. The van der Waals surface area contributed by atoms with Crippen LogP contribution in [0.4, 0.5) is 0 Å². The van der Waals surface area contributed by atoms with Crippen molar-refractivity contribution in [2.24, 2.45) is 11.7 Å². The van der Waals surface area contributed by atoms with Crippen molar-refractivity contribution in [3.05, 3.63) is 0 Å². The monoisotopic (exact) mass is 436 g/mol. The number of phosphoric acid groups is 1. The quantitative estimate of drug-likeness (QED) is 0.539. The van der Waals surface area contributed by atoms with Crippen molar-refractivity contribution in [1.82, 2.24) is 0 Å². The molecule has 1 saturated carbocycles. The van der Waals surface area contributed by atoms with Crippen LogP contribution in [0.1, 0.15) is 60.8 Å². The molecule has 0 aromatic heterocycles. The average molecular weight is 436 g/mol. The Kier molecular flexibility index (Phi) is 8.29. The molecule has 1 heterocycles. The van der Waals surface area contributed by atoms with Gasteiger partial charge in [0.15, 0.2) is 6.10 Å². The van der Waals surface area contributed by atoms with Crippen molar-refractivity contribution in [2.75, 3.05) is 6.61 Å². The molecule has 170 valence electrons. The Labute approximate surface area is 173 Å². The highest BCUT2D eigenvalue weighted by Gasteiger charge is 2.47. The predicted molar refractivity (Wildman–Crippen MR) is 104 cm³/mol. The van der Waals surface area contributed by atoms with Crippen LogP contribution in [0.3, 0.4) is 0 Å². The van der Waals surface area contributed by atoms with Crippen LogP contribution in [0.5, 0.6) is 0 Å². The normalized spacial score (nSPS) is 37.2. The van der Waals surface area contributed by atoms with Gasteiger partial charge in [0.1, 0.15) is 0 Å². The molecule has 1 aliphatic carbocycles. The first-order chi connectivity index (χ1) is 13.3. The molecule has 2 N–H and O–H groups in total. The van der Waals surface area contributed by atoms with E-state index in [0.29, 0.717) is 19.3 Å². The first-order valence-corrected chi connectivity index (χ1v) is 11.7. The molecule has 0 radical (unpaired) electrons. The van der Waals surface area contributed by atoms with Gasteiger partial charge in [-0.1, -0.05) is 6.92 Å². The molecular formula is C19H35NO8P-. The summed E-state index contributed by atoms with van der Waals surface area (Å²) in [6.07, 6.45) is -1.52. The molecule has 2 rings (SSSR count). The maximum Gasteiger partial charge on any atom is 0.343 e. The van der Waals surface area contributed by atoms with E-state index < -0.39 is 37.6 Å². The van der Waals surface area contributed by atoms with Crippen molar-refractivity contribution in [1.29, 1.82) is 0 Å². The Bertz CT molecular complexity index is 615. The molecule has 0 amide bonds. The number of ether oxygens (including phenoxy) is 3. The molecule has 10 heteroatoms. The van der Waals surface area contributed by atoms with Crippen molar-refractivity contribution >= 4 is 13.8 Å². The van der Waals surface area contributed by atoms with E-state index in [1.807, 2.05) is 34.6 Å². The van der Waals surface area contributed by atoms with Crippen molar-refractivity contribution in [3.8, 4) is 0 Å². The molecule has 2 fully saturated rings. The van der Waals surface area contributed by atoms with Gasteiger partial charge < -0.3 is 33.9 Å². The number of nitrogens with two attached hydrogens (primary N) is 1. The fourth-order valence-corrected chi connectivity index (χ4v) is 4.93. The number of carbonyl (C=O) groups excluding carboxylic acids is 1. The number of hydrogen-bond acceptors (Lipinski definition) is 9. The van der Waals surface area contributed by atoms with E-state index in [4.69, 9.17) is 29.0 Å². The van der Waals surface area contributed by atoms with E-state index >= 15 is 0 Å². The SMILES string of the molecule is CC1CC(OP(=O)([O-])OC(=O)C2OC(C)CC2OC(C)C)C(N)(COC(C)C)C1. The molecule has 0 bridgehead atoms. The van der Waals surface area contributed by atoms with Gasteiger partial charge in [-0.05, 0) is 53.4 Å². The van der Waals surface area contributed by atoms with E-state index in [1.165, 1.54) is 0 Å². The summed E-state index contributed by atoms with van der Waals surface area (Å²) >= 11 is 0. The second-order valence-electron chi connectivity index (χ2n) is 8.92. The molecule has 0 spiro atoms. The number of phosphoric ester groups is 1. The van der Waals surface area contributed by atoms with E-state index in [0.717, 1.165) is 0 Å². The molecule has 7 unspecified atom stereocenters. The van der Waals surface area contributed by atoms with Crippen LogP contribution in [0.25, 0.3) is 0 Å². The Morgan fingerprint density at radius 1 is 1.24 bits per heavy atom. The fourth-order valence-electron chi connectivity index (χ4n) is 3.95. The first-order valence-electron chi connectivity index (χ1n) is 10.3. The standard InChI is InChI=1S/C19H36NO8P/c1-11(2)24-10-19(20)9-13(5)7-16(19)27-29(22,23)28-18(21)17-15(25-12(3)4)8-14(6)26-17/h11-17H,7-10,20H2,1-6H3,(H,22,23)/p-1. The Morgan fingerprint density at radius 2 is 1.90 bits per heavy atom. The second-order valence-corrected chi connectivity index (χ2v) is 10.2. The second kappa shape index (κ2) is 9.73. The van der Waals surface area contributed by atoms with Crippen molar-refractivity contribution in [3.63, 3.8) is 0 Å². The summed E-state index contributed by atoms with van der Waals surface area (Å²) in [4.78, 5) is 24.9. The third-order valence-corrected chi connectivity index (χ3v) is 6.01. The summed E-state index contributed by atoms with van der Waals surface area (Å²) in [5.74, 6) is -0.885. The van der Waals surface area contributed by atoms with E-state index in [9.17, 15) is 14.3 Å². The Morgan fingerprint density at radius 3 is 2.48 bits per heavy atom. The van der Waals surface area contributed by atoms with Crippen LogP contribution in [-0.4, -0.2) is 54.7 Å². The smallest absolute Gasteiger partial charge is 0.343 e. The van der Waals surface area contributed by atoms with E-state index in [-0.39, 0.29) is 30.8 Å². The van der Waals surface area contributed by atoms with Gasteiger partial charge in [-0.25, -0.2) is 4.79 Å². The summed E-state index contributed by atoms with van der Waals surface area (Å²) in [6, 6.07) is 0. The lowest BCUT2D eigenvalue weighted by Crippen LogP contribution is -2.52. The molecular weight excluding hydrogens is 401 g/mol. The number of rotatable bonds is 9. The summed E-state index contributed by atoms with van der Waals surface area (Å²) in [5.41, 5.74) is 5.43. The predicted octanol–water partition coefficient (Wildman–Crippen LogP) is 1.91. The topological polar surface area (TPSA) is 129 Å². The van der Waals surface area contributed by atoms with Crippen molar-refractivity contribution in [2.45, 2.75) is 103 Å². The van der Waals surface area contributed by atoms with Crippen LogP contribution in [0, 0.1) is 5.92 Å². The summed E-state index contributed by atoms with van der Waals surface area (Å²) in [7, 11) is -4.96. The third-order valence-electron chi connectivity index (χ3n) is 5.09. The van der Waals surface area contributed by atoms with Gasteiger partial charge >= 0.3 is 13.8 Å². The highest BCUT2D eigenvalue weighted by atomic mass is 31.2. The van der Waals surface area contributed by atoms with Gasteiger partial charge in [-0.3, -0.25) is 4.57 Å². The zero-order chi connectivity index (χ0) is 22.0. The van der Waals surface area contributed by atoms with Gasteiger partial charge in [0.25, 0.3) is 0 Å². The minimum atomic E-state index is -4.96. The fraction of sp³-hybridized carbons (Fsp3) is 0.947. The summed E-state index contributed by atoms with van der Waals surface area (Å²) < 4.78 is 39.2. The average Bonchev–Trinajstić information content (AvgIpc) is 3.03. The zero-order valence-electron chi connectivity index (χ0n) is 18.2. The van der Waals surface area contributed by atoms with Gasteiger partial charge in [-0.15, -0.1) is 0 Å². The highest BCUT2D eigenvalue weighted by Crippen LogP contribution is 2.47. The zero-order valence-corrected chi connectivity index (χ0v) is 19.1. The molecule has 7 atom stereocenters. The van der Waals surface area contributed by atoms with Crippen LogP contribution in [-0.2, 0) is 32.6 Å². The minimum Gasteiger partial charge on any atom is -0.746 e. The Balaban J connectivity index is 2.02. The maximum atomic E-state index is 12.5. The van der Waals surface area contributed by atoms with Crippen LogP contribution >= 0.6 is 7.82 Å². The summed E-state index contributed by atoms with van der Waals surface area (Å²) in [6.45, 7) is 11.3. The molecule has 29 heavy (non-hydrogen) atoms. The maximum absolute atomic E-state index is 12.5. The lowest BCUT2D eigenvalue weighted by Gasteiger charge is -2.35. The van der Waals surface area contributed by atoms with Crippen LogP contribution < -0.4 is 10.6 Å². The molecule has 9 nitrogen and oxygen atoms in total. The van der Waals surface area contributed by atoms with E-state index in [1.54, 1.807) is 6.92 Å². The van der Waals surface area contributed by atoms with Gasteiger partial charge in [0.05, 0.1) is 42.7 Å². The Hall–Kier alpha value is -0.540. The van der Waals surface area contributed by atoms with Gasteiger partial charge in [0, 0.05) is 6.42 Å². The van der Waals surface area contributed by atoms with Gasteiger partial charge in [-0.2, -0.15) is 0 Å². The van der Waals surface area contributed by atoms with Gasteiger partial charge in [0.2, 0.25) is 0 Å². The lowest BCUT2D eigenvalue weighted by atomic mass is 9.97. The molecule has 0 aromatic carbocycles. The molecule has 0 aromatic rings. The highest BCUT2D eigenvalue weighted by molar-refractivity contribution is 7.46. The van der Waals surface area contributed by atoms with Crippen LogP contribution in [0.15, 0.2) is 0 Å².